The van der Waals surface area contributed by atoms with Gasteiger partial charge in [0.25, 0.3) is 0 Å². The largest absolute Gasteiger partial charge is 0.480 e. The van der Waals surface area contributed by atoms with Crippen molar-refractivity contribution in [3.05, 3.63) is 24.3 Å². The second-order valence-corrected chi connectivity index (χ2v) is 6.86. The first-order valence-electron chi connectivity index (χ1n) is 7.02. The quantitative estimate of drug-likeness (QED) is 0.758. The van der Waals surface area contributed by atoms with E-state index in [2.05, 4.69) is 4.72 Å². The van der Waals surface area contributed by atoms with Gasteiger partial charge >= 0.3 is 5.97 Å². The average molecular weight is 312 g/mol. The van der Waals surface area contributed by atoms with Crippen molar-refractivity contribution in [3.8, 4) is 0 Å². The van der Waals surface area contributed by atoms with Crippen LogP contribution in [0.2, 0.25) is 0 Å². The lowest BCUT2D eigenvalue weighted by Crippen LogP contribution is -2.33. The van der Waals surface area contributed by atoms with Gasteiger partial charge in [-0.05, 0) is 31.4 Å². The van der Waals surface area contributed by atoms with Gasteiger partial charge in [-0.3, -0.25) is 4.79 Å². The maximum atomic E-state index is 12.4. The van der Waals surface area contributed by atoms with E-state index in [1.165, 1.54) is 6.07 Å². The summed E-state index contributed by atoms with van der Waals surface area (Å²) in [7, 11) is -3.61. The molecule has 0 aliphatic heterocycles. The first-order valence-corrected chi connectivity index (χ1v) is 8.50. The topological polar surface area (TPSA) is 86.7 Å². The van der Waals surface area contributed by atoms with Crippen molar-refractivity contribution in [2.24, 2.45) is 0 Å². The van der Waals surface area contributed by atoms with E-state index in [0.717, 1.165) is 19.3 Å². The molecule has 7 heteroatoms. The van der Waals surface area contributed by atoms with Crippen LogP contribution in [-0.4, -0.2) is 38.6 Å². The van der Waals surface area contributed by atoms with Gasteiger partial charge in [-0.2, -0.15) is 0 Å². The Hall–Kier alpha value is -1.60. The zero-order valence-corrected chi connectivity index (χ0v) is 12.8. The van der Waals surface area contributed by atoms with Gasteiger partial charge < -0.3 is 10.0 Å². The summed E-state index contributed by atoms with van der Waals surface area (Å²) in [6.07, 6.45) is 2.45. The highest BCUT2D eigenvalue weighted by Gasteiger charge is 2.30. The lowest BCUT2D eigenvalue weighted by molar-refractivity contribution is -0.135. The molecule has 0 heterocycles. The maximum Gasteiger partial charge on any atom is 0.323 e. The third kappa shape index (κ3) is 4.18. The van der Waals surface area contributed by atoms with Gasteiger partial charge in [0.1, 0.15) is 11.4 Å². The van der Waals surface area contributed by atoms with E-state index in [-0.39, 0.29) is 17.5 Å². The van der Waals surface area contributed by atoms with Gasteiger partial charge in [-0.15, -0.1) is 0 Å². The number of anilines is 1. The van der Waals surface area contributed by atoms with Crippen molar-refractivity contribution in [2.75, 3.05) is 18.0 Å². The molecule has 1 fully saturated rings. The Kier molecular flexibility index (Phi) is 4.84. The molecule has 0 atom stereocenters. The zero-order valence-electron chi connectivity index (χ0n) is 11.9. The smallest absolute Gasteiger partial charge is 0.323 e. The number of sulfonamides is 1. The third-order valence-electron chi connectivity index (χ3n) is 3.21. The number of nitrogens with zero attached hydrogens (tertiary/aromatic N) is 1. The SMILES string of the molecule is CCCN(CC(=O)O)c1ccccc1S(=O)(=O)NC1CC1. The number of hydrogen-bond donors (Lipinski definition) is 2. The van der Waals surface area contributed by atoms with E-state index in [0.29, 0.717) is 12.2 Å². The minimum Gasteiger partial charge on any atom is -0.480 e. The molecule has 116 valence electrons. The molecule has 0 bridgehead atoms. The Morgan fingerprint density at radius 3 is 2.62 bits per heavy atom. The van der Waals surface area contributed by atoms with Crippen molar-refractivity contribution >= 4 is 21.7 Å². The van der Waals surface area contributed by atoms with E-state index in [9.17, 15) is 13.2 Å². The Bertz CT molecular complexity index is 611. The molecule has 2 N–H and O–H groups in total. The summed E-state index contributed by atoms with van der Waals surface area (Å²) in [5.74, 6) is -0.981. The Morgan fingerprint density at radius 1 is 1.38 bits per heavy atom. The summed E-state index contributed by atoms with van der Waals surface area (Å²) in [6.45, 7) is 2.19. The number of hydrogen-bond acceptors (Lipinski definition) is 4. The Morgan fingerprint density at radius 2 is 2.05 bits per heavy atom. The van der Waals surface area contributed by atoms with Crippen LogP contribution in [0.1, 0.15) is 26.2 Å². The van der Waals surface area contributed by atoms with Gasteiger partial charge in [0.05, 0.1) is 5.69 Å². The summed E-state index contributed by atoms with van der Waals surface area (Å²) in [6, 6.07) is 6.55. The Balaban J connectivity index is 2.35. The fourth-order valence-corrected chi connectivity index (χ4v) is 3.68. The van der Waals surface area contributed by atoms with Crippen LogP contribution in [0.15, 0.2) is 29.2 Å². The first kappa shape index (κ1) is 15.8. The van der Waals surface area contributed by atoms with Gasteiger partial charge in [-0.1, -0.05) is 19.1 Å². The standard InChI is InChI=1S/C14H20N2O4S/c1-2-9-16(10-14(17)18)12-5-3-4-6-13(12)21(19,20)15-11-7-8-11/h3-6,11,15H,2,7-10H2,1H3,(H,17,18). The number of carboxylic acids is 1. The second-order valence-electron chi connectivity index (χ2n) is 5.18. The average Bonchev–Trinajstić information content (AvgIpc) is 3.21. The highest BCUT2D eigenvalue weighted by molar-refractivity contribution is 7.89. The lowest BCUT2D eigenvalue weighted by atomic mass is 10.2. The Labute approximate surface area is 124 Å². The molecule has 1 aliphatic rings. The summed E-state index contributed by atoms with van der Waals surface area (Å²) < 4.78 is 27.5. The van der Waals surface area contributed by atoms with E-state index < -0.39 is 16.0 Å². The van der Waals surface area contributed by atoms with Crippen LogP contribution in [-0.2, 0) is 14.8 Å². The van der Waals surface area contributed by atoms with Crippen LogP contribution in [0.4, 0.5) is 5.69 Å². The highest BCUT2D eigenvalue weighted by atomic mass is 32.2. The predicted octanol–water partition coefficient (Wildman–Crippen LogP) is 1.43. The minimum atomic E-state index is -3.61. The molecule has 0 radical (unpaired) electrons. The van der Waals surface area contributed by atoms with Gasteiger partial charge in [-0.25, -0.2) is 13.1 Å². The van der Waals surface area contributed by atoms with E-state index in [1.807, 2.05) is 6.92 Å². The zero-order chi connectivity index (χ0) is 15.5. The molecule has 0 spiro atoms. The summed E-state index contributed by atoms with van der Waals surface area (Å²) >= 11 is 0. The molecule has 1 aromatic rings. The molecule has 0 unspecified atom stereocenters. The van der Waals surface area contributed by atoms with Crippen molar-refractivity contribution < 1.29 is 18.3 Å². The molecule has 1 aliphatic carbocycles. The first-order chi connectivity index (χ1) is 9.94. The number of carbonyl (C=O) groups is 1. The molecule has 0 amide bonds. The minimum absolute atomic E-state index is 0.0159. The highest BCUT2D eigenvalue weighted by Crippen LogP contribution is 2.28. The van der Waals surface area contributed by atoms with Gasteiger partial charge in [0, 0.05) is 12.6 Å². The number of benzene rings is 1. The van der Waals surface area contributed by atoms with Gasteiger partial charge in [0.2, 0.25) is 10.0 Å². The molecule has 2 rings (SSSR count). The summed E-state index contributed by atoms with van der Waals surface area (Å²) in [5.41, 5.74) is 0.440. The monoisotopic (exact) mass is 312 g/mol. The molecule has 1 aromatic carbocycles. The number of aliphatic carboxylic acids is 1. The second kappa shape index (κ2) is 6.44. The van der Waals surface area contributed by atoms with Crippen LogP contribution in [0.5, 0.6) is 0 Å². The van der Waals surface area contributed by atoms with E-state index in [1.54, 1.807) is 23.1 Å². The van der Waals surface area contributed by atoms with Crippen LogP contribution < -0.4 is 9.62 Å². The van der Waals surface area contributed by atoms with Crippen LogP contribution in [0, 0.1) is 0 Å². The predicted molar refractivity (Wildman–Crippen MR) is 79.9 cm³/mol. The van der Waals surface area contributed by atoms with Gasteiger partial charge in [0.15, 0.2) is 0 Å². The number of para-hydroxylation sites is 1. The van der Waals surface area contributed by atoms with Crippen molar-refractivity contribution in [1.29, 1.82) is 0 Å². The molecule has 21 heavy (non-hydrogen) atoms. The van der Waals surface area contributed by atoms with Crippen LogP contribution in [0.3, 0.4) is 0 Å². The van der Waals surface area contributed by atoms with Crippen LogP contribution in [0.25, 0.3) is 0 Å². The normalized spacial score (nSPS) is 14.9. The molecular weight excluding hydrogens is 292 g/mol. The fraction of sp³-hybridized carbons (Fsp3) is 0.500. The lowest BCUT2D eigenvalue weighted by Gasteiger charge is -2.24. The van der Waals surface area contributed by atoms with Crippen LogP contribution >= 0.6 is 0 Å². The number of rotatable bonds is 8. The van der Waals surface area contributed by atoms with Crippen molar-refractivity contribution in [3.63, 3.8) is 0 Å². The third-order valence-corrected chi connectivity index (χ3v) is 4.78. The summed E-state index contributed by atoms with van der Waals surface area (Å²) in [5, 5.41) is 9.01. The maximum absolute atomic E-state index is 12.4. The molecule has 6 nitrogen and oxygen atoms in total. The fourth-order valence-electron chi connectivity index (χ4n) is 2.15. The number of nitrogens with one attached hydrogen (secondary N) is 1. The molecule has 0 saturated heterocycles. The number of carboxylic acid groups (broad SMARTS) is 1. The molecular formula is C14H20N2O4S. The summed E-state index contributed by atoms with van der Waals surface area (Å²) in [4.78, 5) is 12.7. The molecule has 1 saturated carbocycles. The van der Waals surface area contributed by atoms with E-state index >= 15 is 0 Å². The van der Waals surface area contributed by atoms with Crippen molar-refractivity contribution in [2.45, 2.75) is 37.1 Å². The van der Waals surface area contributed by atoms with E-state index in [4.69, 9.17) is 5.11 Å². The van der Waals surface area contributed by atoms with Crippen molar-refractivity contribution in [1.82, 2.24) is 4.72 Å². The molecule has 0 aromatic heterocycles.